The summed E-state index contributed by atoms with van der Waals surface area (Å²) in [5.41, 5.74) is 1.66. The summed E-state index contributed by atoms with van der Waals surface area (Å²) in [6.07, 6.45) is 0.745. The standard InChI is InChI=1S/C15H18O4/c1-3-10(2)11-4-6-12(7-5-11)14(16)19-13-8-9-18-15(13)17/h4-7,10,13H,3,8-9H2,1-2H3. The zero-order valence-corrected chi connectivity index (χ0v) is 11.2. The van der Waals surface area contributed by atoms with Crippen LogP contribution in [-0.4, -0.2) is 24.6 Å². The van der Waals surface area contributed by atoms with Crippen molar-refractivity contribution in [3.63, 3.8) is 0 Å². The molecule has 2 rings (SSSR count). The van der Waals surface area contributed by atoms with E-state index in [0.717, 1.165) is 6.42 Å². The first kappa shape index (κ1) is 13.6. The van der Waals surface area contributed by atoms with Crippen LogP contribution in [0.4, 0.5) is 0 Å². The minimum absolute atomic E-state index is 0.323. The maximum absolute atomic E-state index is 11.9. The van der Waals surface area contributed by atoms with E-state index in [0.29, 0.717) is 24.5 Å². The third-order valence-electron chi connectivity index (χ3n) is 3.46. The topological polar surface area (TPSA) is 52.6 Å². The molecule has 19 heavy (non-hydrogen) atoms. The Morgan fingerprint density at radius 3 is 2.63 bits per heavy atom. The van der Waals surface area contributed by atoms with Gasteiger partial charge in [-0.2, -0.15) is 0 Å². The number of ether oxygens (including phenoxy) is 2. The van der Waals surface area contributed by atoms with Crippen molar-refractivity contribution in [1.29, 1.82) is 0 Å². The maximum atomic E-state index is 11.9. The van der Waals surface area contributed by atoms with E-state index in [9.17, 15) is 9.59 Å². The summed E-state index contributed by atoms with van der Waals surface area (Å²) in [6, 6.07) is 7.34. The normalized spacial score (nSPS) is 19.9. The van der Waals surface area contributed by atoms with E-state index < -0.39 is 18.0 Å². The van der Waals surface area contributed by atoms with Crippen LogP contribution < -0.4 is 0 Å². The molecule has 2 atom stereocenters. The number of rotatable bonds is 4. The van der Waals surface area contributed by atoms with Gasteiger partial charge >= 0.3 is 11.9 Å². The van der Waals surface area contributed by atoms with Gasteiger partial charge in [-0.1, -0.05) is 26.0 Å². The van der Waals surface area contributed by atoms with Crippen LogP contribution in [0.1, 0.15) is 48.5 Å². The number of cyclic esters (lactones) is 1. The van der Waals surface area contributed by atoms with Crippen molar-refractivity contribution in [2.45, 2.75) is 38.7 Å². The molecule has 4 nitrogen and oxygen atoms in total. The molecule has 0 bridgehead atoms. The summed E-state index contributed by atoms with van der Waals surface area (Å²) in [4.78, 5) is 23.1. The maximum Gasteiger partial charge on any atom is 0.347 e. The fourth-order valence-corrected chi connectivity index (χ4v) is 1.97. The first-order valence-electron chi connectivity index (χ1n) is 6.59. The Labute approximate surface area is 112 Å². The Bertz CT molecular complexity index is 464. The summed E-state index contributed by atoms with van der Waals surface area (Å²) >= 11 is 0. The van der Waals surface area contributed by atoms with Gasteiger partial charge in [0.15, 0.2) is 0 Å². The predicted molar refractivity (Wildman–Crippen MR) is 69.9 cm³/mol. The number of benzene rings is 1. The second kappa shape index (κ2) is 5.87. The van der Waals surface area contributed by atoms with Crippen LogP contribution in [0.2, 0.25) is 0 Å². The molecule has 1 saturated heterocycles. The van der Waals surface area contributed by atoms with Gasteiger partial charge in [0, 0.05) is 6.42 Å². The molecule has 0 radical (unpaired) electrons. The van der Waals surface area contributed by atoms with Crippen LogP contribution in [0, 0.1) is 0 Å². The van der Waals surface area contributed by atoms with Crippen molar-refractivity contribution in [2.24, 2.45) is 0 Å². The van der Waals surface area contributed by atoms with Crippen LogP contribution in [0.5, 0.6) is 0 Å². The Kier molecular flexibility index (Phi) is 4.20. The van der Waals surface area contributed by atoms with Gasteiger partial charge in [-0.3, -0.25) is 0 Å². The molecule has 0 saturated carbocycles. The molecule has 1 aromatic rings. The molecular formula is C15H18O4. The molecule has 1 aromatic carbocycles. The Hall–Kier alpha value is -1.84. The Morgan fingerprint density at radius 1 is 1.42 bits per heavy atom. The molecule has 1 heterocycles. The van der Waals surface area contributed by atoms with Crippen molar-refractivity contribution in [3.8, 4) is 0 Å². The highest BCUT2D eigenvalue weighted by Crippen LogP contribution is 2.20. The van der Waals surface area contributed by atoms with Crippen molar-refractivity contribution >= 4 is 11.9 Å². The molecule has 2 unspecified atom stereocenters. The van der Waals surface area contributed by atoms with Gasteiger partial charge < -0.3 is 9.47 Å². The quantitative estimate of drug-likeness (QED) is 0.783. The summed E-state index contributed by atoms with van der Waals surface area (Å²) < 4.78 is 9.87. The molecule has 1 aliphatic rings. The van der Waals surface area contributed by atoms with E-state index in [1.54, 1.807) is 12.1 Å². The molecule has 0 spiro atoms. The van der Waals surface area contributed by atoms with Gasteiger partial charge in [0.05, 0.1) is 12.2 Å². The smallest absolute Gasteiger partial charge is 0.347 e. The molecule has 0 N–H and O–H groups in total. The van der Waals surface area contributed by atoms with E-state index >= 15 is 0 Å². The summed E-state index contributed by atoms with van der Waals surface area (Å²) in [7, 11) is 0. The number of hydrogen-bond donors (Lipinski definition) is 0. The van der Waals surface area contributed by atoms with E-state index in [4.69, 9.17) is 9.47 Å². The second-order valence-corrected chi connectivity index (χ2v) is 4.78. The first-order valence-corrected chi connectivity index (χ1v) is 6.59. The fraction of sp³-hybridized carbons (Fsp3) is 0.467. The largest absolute Gasteiger partial charge is 0.463 e. The molecule has 102 valence electrons. The Morgan fingerprint density at radius 2 is 2.11 bits per heavy atom. The third-order valence-corrected chi connectivity index (χ3v) is 3.46. The van der Waals surface area contributed by atoms with Crippen molar-refractivity contribution in [2.75, 3.05) is 6.61 Å². The van der Waals surface area contributed by atoms with E-state index in [2.05, 4.69) is 13.8 Å². The van der Waals surface area contributed by atoms with Gasteiger partial charge in [-0.15, -0.1) is 0 Å². The third kappa shape index (κ3) is 3.13. The molecule has 1 aliphatic heterocycles. The van der Waals surface area contributed by atoms with Crippen LogP contribution in [0.3, 0.4) is 0 Å². The van der Waals surface area contributed by atoms with Gasteiger partial charge in [0.1, 0.15) is 0 Å². The second-order valence-electron chi connectivity index (χ2n) is 4.78. The minimum atomic E-state index is -0.748. The minimum Gasteiger partial charge on any atom is -0.463 e. The number of carbonyl (C=O) groups excluding carboxylic acids is 2. The molecular weight excluding hydrogens is 244 g/mol. The lowest BCUT2D eigenvalue weighted by atomic mass is 9.98. The van der Waals surface area contributed by atoms with Gasteiger partial charge in [0.2, 0.25) is 6.10 Å². The van der Waals surface area contributed by atoms with Crippen LogP contribution >= 0.6 is 0 Å². The van der Waals surface area contributed by atoms with Gasteiger partial charge in [0.25, 0.3) is 0 Å². The number of esters is 2. The molecule has 0 aromatic heterocycles. The highest BCUT2D eigenvalue weighted by atomic mass is 16.6. The van der Waals surface area contributed by atoms with E-state index in [1.807, 2.05) is 12.1 Å². The van der Waals surface area contributed by atoms with Crippen molar-refractivity contribution < 1.29 is 19.1 Å². The average molecular weight is 262 g/mol. The zero-order chi connectivity index (χ0) is 13.8. The van der Waals surface area contributed by atoms with E-state index in [1.165, 1.54) is 5.56 Å². The Balaban J connectivity index is 2.01. The van der Waals surface area contributed by atoms with Crippen molar-refractivity contribution in [3.05, 3.63) is 35.4 Å². The van der Waals surface area contributed by atoms with Crippen LogP contribution in [-0.2, 0) is 14.3 Å². The fourth-order valence-electron chi connectivity index (χ4n) is 1.97. The molecule has 1 fully saturated rings. The molecule has 0 aliphatic carbocycles. The number of hydrogen-bond acceptors (Lipinski definition) is 4. The molecule has 4 heteroatoms. The number of carbonyl (C=O) groups is 2. The highest BCUT2D eigenvalue weighted by Gasteiger charge is 2.30. The zero-order valence-electron chi connectivity index (χ0n) is 11.2. The summed E-state index contributed by atoms with van der Waals surface area (Å²) in [5, 5.41) is 0. The summed E-state index contributed by atoms with van der Waals surface area (Å²) in [5.74, 6) is -0.459. The highest BCUT2D eigenvalue weighted by molar-refractivity contribution is 5.91. The van der Waals surface area contributed by atoms with Gasteiger partial charge in [-0.05, 0) is 30.0 Å². The lowest BCUT2D eigenvalue weighted by molar-refractivity contribution is -0.145. The predicted octanol–water partition coefficient (Wildman–Crippen LogP) is 2.67. The first-order chi connectivity index (χ1) is 9.11. The summed E-state index contributed by atoms with van der Waals surface area (Å²) in [6.45, 7) is 4.59. The molecule has 0 amide bonds. The van der Waals surface area contributed by atoms with Crippen LogP contribution in [0.15, 0.2) is 24.3 Å². The van der Waals surface area contributed by atoms with Gasteiger partial charge in [-0.25, -0.2) is 9.59 Å². The van der Waals surface area contributed by atoms with E-state index in [-0.39, 0.29) is 0 Å². The van der Waals surface area contributed by atoms with Crippen molar-refractivity contribution in [1.82, 2.24) is 0 Å². The average Bonchev–Trinajstić information content (AvgIpc) is 2.83. The SMILES string of the molecule is CCC(C)c1ccc(C(=O)OC2CCOC2=O)cc1. The van der Waals surface area contributed by atoms with Crippen LogP contribution in [0.25, 0.3) is 0 Å². The lowest BCUT2D eigenvalue weighted by Gasteiger charge is -2.11. The monoisotopic (exact) mass is 262 g/mol. The lowest BCUT2D eigenvalue weighted by Crippen LogP contribution is -2.22.